The molecule has 10 heteroatoms. The van der Waals surface area contributed by atoms with Gasteiger partial charge >= 0.3 is 5.97 Å². The Morgan fingerprint density at radius 3 is 2.76 bits per heavy atom. The molecule has 1 aliphatic heterocycles. The van der Waals surface area contributed by atoms with Crippen molar-refractivity contribution in [3.8, 4) is 0 Å². The Hall–Kier alpha value is -2.91. The minimum absolute atomic E-state index is 0.0875. The number of aryl methyl sites for hydroxylation is 2. The smallest absolute Gasteiger partial charge is 0.341 e. The number of nitrogens with two attached hydrogens (primary N) is 1. The molecule has 4 unspecified atom stereocenters. The molecule has 174 valence electrons. The lowest BCUT2D eigenvalue weighted by Gasteiger charge is -2.25. The summed E-state index contributed by atoms with van der Waals surface area (Å²) in [5.74, 6) is -0.0562. The summed E-state index contributed by atoms with van der Waals surface area (Å²) in [6, 6.07) is 0.649. The highest BCUT2D eigenvalue weighted by Gasteiger charge is 2.41. The van der Waals surface area contributed by atoms with Gasteiger partial charge in [-0.05, 0) is 31.9 Å². The van der Waals surface area contributed by atoms with E-state index in [9.17, 15) is 19.1 Å². The van der Waals surface area contributed by atoms with Gasteiger partial charge in [-0.3, -0.25) is 4.79 Å². The highest BCUT2D eigenvalue weighted by molar-refractivity contribution is 6.34. The molecule has 2 aromatic heterocycles. The summed E-state index contributed by atoms with van der Waals surface area (Å²) >= 11 is 6.64. The molecule has 0 bridgehead atoms. The number of fused-ring (bicyclic) bond motifs is 1. The van der Waals surface area contributed by atoms with E-state index in [2.05, 4.69) is 9.88 Å². The fourth-order valence-electron chi connectivity index (χ4n) is 4.92. The molecular formula is C23H24ClFN4O4. The van der Waals surface area contributed by atoms with Crippen LogP contribution >= 0.6 is 11.6 Å². The standard InChI is InChI=1S/C23H24ClFN4O4/c1-10-7-27-22(33-10)18(26)12-3-4-28(8-12)20-11(2)19-13(5-15(20)24)21(30)14(23(31)32)9-29(19)17-6-16(17)25/h5,7,9,12,16-18H,3-4,6,8,26H2,1-2H3,(H,31,32). The van der Waals surface area contributed by atoms with Crippen molar-refractivity contribution in [2.45, 2.75) is 44.9 Å². The van der Waals surface area contributed by atoms with Crippen molar-refractivity contribution in [1.82, 2.24) is 9.55 Å². The van der Waals surface area contributed by atoms with E-state index in [0.29, 0.717) is 40.8 Å². The molecule has 1 saturated carbocycles. The number of aromatic carboxylic acids is 1. The lowest BCUT2D eigenvalue weighted by atomic mass is 10.00. The first kappa shape index (κ1) is 21.9. The molecule has 8 nitrogen and oxygen atoms in total. The van der Waals surface area contributed by atoms with Gasteiger partial charge in [0.25, 0.3) is 0 Å². The number of hydrogen-bond acceptors (Lipinski definition) is 6. The molecule has 1 aromatic carbocycles. The zero-order valence-electron chi connectivity index (χ0n) is 18.2. The van der Waals surface area contributed by atoms with Gasteiger partial charge in [-0.2, -0.15) is 0 Å². The second-order valence-corrected chi connectivity index (χ2v) is 9.37. The third kappa shape index (κ3) is 3.59. The maximum Gasteiger partial charge on any atom is 0.341 e. The molecule has 4 atom stereocenters. The number of oxazole rings is 1. The third-order valence-electron chi connectivity index (χ3n) is 6.72. The SMILES string of the molecule is Cc1cnc(C(N)C2CCN(c3c(Cl)cc4c(=O)c(C(=O)O)cn(C5CC5F)c4c3C)C2)o1. The Morgan fingerprint density at radius 2 is 2.15 bits per heavy atom. The number of benzene rings is 1. The molecule has 2 fully saturated rings. The predicted octanol–water partition coefficient (Wildman–Crippen LogP) is 3.77. The van der Waals surface area contributed by atoms with Gasteiger partial charge in [0.1, 0.15) is 17.5 Å². The molecule has 5 rings (SSSR count). The molecule has 1 saturated heterocycles. The second kappa shape index (κ2) is 7.85. The zero-order valence-corrected chi connectivity index (χ0v) is 19.0. The van der Waals surface area contributed by atoms with Crippen LogP contribution in [0.4, 0.5) is 10.1 Å². The highest BCUT2D eigenvalue weighted by atomic mass is 35.5. The van der Waals surface area contributed by atoms with Crippen molar-refractivity contribution >= 4 is 34.2 Å². The molecule has 33 heavy (non-hydrogen) atoms. The fraction of sp³-hybridized carbons (Fsp3) is 0.435. The van der Waals surface area contributed by atoms with Crippen LogP contribution in [0, 0.1) is 19.8 Å². The summed E-state index contributed by atoms with van der Waals surface area (Å²) < 4.78 is 21.2. The molecule has 2 aliphatic rings. The quantitative estimate of drug-likeness (QED) is 0.578. The highest BCUT2D eigenvalue weighted by Crippen LogP contribution is 2.44. The summed E-state index contributed by atoms with van der Waals surface area (Å²) in [5, 5.41) is 10.0. The van der Waals surface area contributed by atoms with Gasteiger partial charge in [0, 0.05) is 37.0 Å². The fourth-order valence-corrected chi connectivity index (χ4v) is 5.29. The molecule has 3 aromatic rings. The number of carbonyl (C=O) groups is 1. The van der Waals surface area contributed by atoms with Crippen LogP contribution in [0.25, 0.3) is 10.9 Å². The van der Waals surface area contributed by atoms with E-state index in [1.165, 1.54) is 12.3 Å². The molecule has 0 spiro atoms. The number of halogens is 2. The Balaban J connectivity index is 1.58. The average molecular weight is 475 g/mol. The van der Waals surface area contributed by atoms with Crippen LogP contribution in [0.1, 0.15) is 52.5 Å². The van der Waals surface area contributed by atoms with E-state index in [1.807, 2.05) is 13.8 Å². The summed E-state index contributed by atoms with van der Waals surface area (Å²) in [4.78, 5) is 30.9. The Kier molecular flexibility index (Phi) is 5.21. The van der Waals surface area contributed by atoms with Gasteiger partial charge in [0.05, 0.1) is 34.5 Å². The first-order valence-electron chi connectivity index (χ1n) is 10.9. The van der Waals surface area contributed by atoms with E-state index in [1.54, 1.807) is 10.8 Å². The van der Waals surface area contributed by atoms with Crippen molar-refractivity contribution in [3.05, 3.63) is 56.5 Å². The summed E-state index contributed by atoms with van der Waals surface area (Å²) in [7, 11) is 0. The lowest BCUT2D eigenvalue weighted by molar-refractivity contribution is 0.0694. The van der Waals surface area contributed by atoms with Crippen molar-refractivity contribution in [2.75, 3.05) is 18.0 Å². The maximum absolute atomic E-state index is 14.0. The van der Waals surface area contributed by atoms with Gasteiger partial charge < -0.3 is 24.7 Å². The van der Waals surface area contributed by atoms with Crippen molar-refractivity contribution in [2.24, 2.45) is 11.7 Å². The lowest BCUT2D eigenvalue weighted by Crippen LogP contribution is -2.27. The summed E-state index contributed by atoms with van der Waals surface area (Å²) in [5.41, 5.74) is 7.38. The topological polar surface area (TPSA) is 115 Å². The van der Waals surface area contributed by atoms with Gasteiger partial charge in [-0.25, -0.2) is 14.2 Å². The normalized spacial score (nSPS) is 23.3. The molecule has 0 radical (unpaired) electrons. The van der Waals surface area contributed by atoms with Crippen molar-refractivity contribution in [3.63, 3.8) is 0 Å². The second-order valence-electron chi connectivity index (χ2n) is 8.96. The summed E-state index contributed by atoms with van der Waals surface area (Å²) in [6.45, 7) is 4.96. The van der Waals surface area contributed by atoms with Crippen LogP contribution in [0.5, 0.6) is 0 Å². The van der Waals surface area contributed by atoms with Gasteiger partial charge in [0.2, 0.25) is 11.3 Å². The molecular weight excluding hydrogens is 451 g/mol. The number of carboxylic acids is 1. The van der Waals surface area contributed by atoms with E-state index < -0.39 is 29.2 Å². The Labute approximate surface area is 193 Å². The zero-order chi connectivity index (χ0) is 23.6. The number of carboxylic acid groups (broad SMARTS) is 1. The first-order valence-corrected chi connectivity index (χ1v) is 11.2. The number of alkyl halides is 1. The number of nitrogens with zero attached hydrogens (tertiary/aromatic N) is 3. The van der Waals surface area contributed by atoms with Crippen molar-refractivity contribution < 1.29 is 18.7 Å². The third-order valence-corrected chi connectivity index (χ3v) is 7.01. The Bertz CT molecular complexity index is 1340. The van der Waals surface area contributed by atoms with Crippen LogP contribution in [-0.2, 0) is 0 Å². The predicted molar refractivity (Wildman–Crippen MR) is 122 cm³/mol. The van der Waals surface area contributed by atoms with Gasteiger partial charge in [-0.15, -0.1) is 0 Å². The van der Waals surface area contributed by atoms with Crippen LogP contribution in [-0.4, -0.2) is 39.9 Å². The molecule has 0 amide bonds. The molecule has 3 N–H and O–H groups in total. The maximum atomic E-state index is 14.0. The molecule has 3 heterocycles. The van der Waals surface area contributed by atoms with Crippen LogP contribution in [0.2, 0.25) is 5.02 Å². The van der Waals surface area contributed by atoms with E-state index in [-0.39, 0.29) is 23.8 Å². The van der Waals surface area contributed by atoms with Crippen LogP contribution < -0.4 is 16.1 Å². The number of aromatic nitrogens is 2. The number of rotatable bonds is 5. The van der Waals surface area contributed by atoms with Gasteiger partial charge in [0.15, 0.2) is 0 Å². The average Bonchev–Trinajstić information content (AvgIpc) is 3.13. The summed E-state index contributed by atoms with van der Waals surface area (Å²) in [6.07, 6.45) is 2.91. The monoisotopic (exact) mass is 474 g/mol. The van der Waals surface area contributed by atoms with Crippen molar-refractivity contribution in [1.29, 1.82) is 0 Å². The van der Waals surface area contributed by atoms with Gasteiger partial charge in [-0.1, -0.05) is 11.6 Å². The van der Waals surface area contributed by atoms with Crippen LogP contribution in [0.3, 0.4) is 0 Å². The number of anilines is 1. The number of pyridine rings is 1. The van der Waals surface area contributed by atoms with E-state index in [0.717, 1.165) is 12.1 Å². The van der Waals surface area contributed by atoms with E-state index >= 15 is 0 Å². The largest absolute Gasteiger partial charge is 0.477 e. The Morgan fingerprint density at radius 1 is 1.42 bits per heavy atom. The minimum Gasteiger partial charge on any atom is -0.477 e. The first-order chi connectivity index (χ1) is 15.7. The molecule has 1 aliphatic carbocycles. The van der Waals surface area contributed by atoms with E-state index in [4.69, 9.17) is 21.8 Å². The number of hydrogen-bond donors (Lipinski definition) is 2. The minimum atomic E-state index is -1.34. The van der Waals surface area contributed by atoms with Crippen LogP contribution in [0.15, 0.2) is 27.7 Å².